The minimum absolute atomic E-state index is 0.447. The van der Waals surface area contributed by atoms with Crippen LogP contribution >= 0.6 is 0 Å². The molecule has 8 heteroatoms. The first-order valence-electron chi connectivity index (χ1n) is 9.88. The number of pyridine rings is 2. The number of rotatable bonds is 5. The molecule has 30 heavy (non-hydrogen) atoms. The molecule has 3 N–H and O–H groups in total. The van der Waals surface area contributed by atoms with Crippen molar-refractivity contribution in [1.29, 1.82) is 10.7 Å². The normalized spacial score (nSPS) is 17.3. The Bertz CT molecular complexity index is 1190. The van der Waals surface area contributed by atoms with Gasteiger partial charge in [-0.25, -0.2) is 9.50 Å². The predicted molar refractivity (Wildman–Crippen MR) is 116 cm³/mol. The molecule has 0 atom stereocenters. The minimum Gasteiger partial charge on any atom is -0.393 e. The van der Waals surface area contributed by atoms with Crippen LogP contribution in [0.25, 0.3) is 22.2 Å². The van der Waals surface area contributed by atoms with Crippen molar-refractivity contribution in [2.24, 2.45) is 5.41 Å². The van der Waals surface area contributed by atoms with Crippen molar-refractivity contribution in [3.05, 3.63) is 54.1 Å². The van der Waals surface area contributed by atoms with Gasteiger partial charge in [0.05, 0.1) is 17.3 Å². The van der Waals surface area contributed by atoms with E-state index in [4.69, 9.17) is 10.4 Å². The molecule has 0 aliphatic carbocycles. The average molecular weight is 398 g/mol. The average Bonchev–Trinajstić information content (AvgIpc) is 3.13. The Balaban J connectivity index is 1.55. The zero-order valence-corrected chi connectivity index (χ0v) is 16.7. The van der Waals surface area contributed by atoms with E-state index < -0.39 is 0 Å². The molecule has 0 bridgehead atoms. The maximum Gasteiger partial charge on any atom is 0.128 e. The van der Waals surface area contributed by atoms with E-state index >= 15 is 0 Å². The van der Waals surface area contributed by atoms with Crippen molar-refractivity contribution in [2.75, 3.05) is 38.1 Å². The van der Waals surface area contributed by atoms with E-state index in [-0.39, 0.29) is 0 Å². The van der Waals surface area contributed by atoms with Crippen LogP contribution in [-0.2, 0) is 0 Å². The number of allylic oxidation sites excluding steroid dienone is 1. The summed E-state index contributed by atoms with van der Waals surface area (Å²) in [5, 5.41) is 28.0. The second-order valence-corrected chi connectivity index (χ2v) is 8.00. The summed E-state index contributed by atoms with van der Waals surface area (Å²) in [6, 6.07) is 8.31. The maximum atomic E-state index is 9.55. The largest absolute Gasteiger partial charge is 0.393 e. The summed E-state index contributed by atoms with van der Waals surface area (Å²) in [6.45, 7) is 4.29. The summed E-state index contributed by atoms with van der Waals surface area (Å²) in [5.41, 5.74) is 5.04. The van der Waals surface area contributed by atoms with Gasteiger partial charge in [0.15, 0.2) is 0 Å². The Morgan fingerprint density at radius 3 is 2.77 bits per heavy atom. The molecule has 8 nitrogen and oxygen atoms in total. The van der Waals surface area contributed by atoms with E-state index in [1.807, 2.05) is 30.6 Å². The number of nitrogens with one attached hydrogen (secondary N) is 3. The van der Waals surface area contributed by atoms with Gasteiger partial charge in [0.25, 0.3) is 0 Å². The van der Waals surface area contributed by atoms with E-state index in [1.54, 1.807) is 24.0 Å². The zero-order chi connectivity index (χ0) is 20.7. The number of hydrogen-bond donors (Lipinski definition) is 3. The lowest BCUT2D eigenvalue weighted by atomic mass is 9.74. The second-order valence-electron chi connectivity index (χ2n) is 8.00. The molecule has 2 saturated heterocycles. The quantitative estimate of drug-likeness (QED) is 0.567. The minimum atomic E-state index is 0.447. The Kier molecular flexibility index (Phi) is 4.26. The van der Waals surface area contributed by atoms with Gasteiger partial charge in [-0.15, -0.1) is 0 Å². The number of aromatic nitrogens is 3. The van der Waals surface area contributed by atoms with Crippen LogP contribution in [0, 0.1) is 22.2 Å². The highest BCUT2D eigenvalue weighted by Crippen LogP contribution is 2.37. The zero-order valence-electron chi connectivity index (χ0n) is 16.7. The first-order valence-corrected chi connectivity index (χ1v) is 9.88. The van der Waals surface area contributed by atoms with Crippen LogP contribution in [0.4, 0.5) is 5.82 Å². The molecule has 0 amide bonds. The fourth-order valence-electron chi connectivity index (χ4n) is 4.31. The van der Waals surface area contributed by atoms with Crippen LogP contribution in [0.1, 0.15) is 11.1 Å². The topological polar surface area (TPSA) is 105 Å². The molecule has 2 fully saturated rings. The van der Waals surface area contributed by atoms with Gasteiger partial charge < -0.3 is 20.9 Å². The Morgan fingerprint density at radius 2 is 2.17 bits per heavy atom. The summed E-state index contributed by atoms with van der Waals surface area (Å²) < 4.78 is 1.70. The molecule has 1 spiro atoms. The van der Waals surface area contributed by atoms with Crippen molar-refractivity contribution in [2.45, 2.75) is 0 Å². The highest BCUT2D eigenvalue weighted by Gasteiger charge is 2.47. The third-order valence-corrected chi connectivity index (χ3v) is 5.96. The lowest BCUT2D eigenvalue weighted by Crippen LogP contribution is -2.71. The summed E-state index contributed by atoms with van der Waals surface area (Å²) in [5.74, 6) is 0.979. The van der Waals surface area contributed by atoms with Gasteiger partial charge in [-0.1, -0.05) is 0 Å². The van der Waals surface area contributed by atoms with Gasteiger partial charge in [0.1, 0.15) is 11.9 Å². The van der Waals surface area contributed by atoms with Crippen molar-refractivity contribution in [3.8, 4) is 17.2 Å². The van der Waals surface area contributed by atoms with Crippen LogP contribution in [0.2, 0.25) is 0 Å². The van der Waals surface area contributed by atoms with Gasteiger partial charge in [0, 0.05) is 85.7 Å². The molecule has 0 saturated carbocycles. The molecular formula is C22H22N8. The van der Waals surface area contributed by atoms with Crippen molar-refractivity contribution in [3.63, 3.8) is 0 Å². The maximum absolute atomic E-state index is 9.55. The highest BCUT2D eigenvalue weighted by molar-refractivity contribution is 6.08. The molecule has 2 aliphatic rings. The molecular weight excluding hydrogens is 376 g/mol. The number of hydrogen-bond acceptors (Lipinski definition) is 7. The molecule has 2 aliphatic heterocycles. The Labute approximate surface area is 174 Å². The van der Waals surface area contributed by atoms with E-state index in [0.717, 1.165) is 59.8 Å². The van der Waals surface area contributed by atoms with E-state index in [0.29, 0.717) is 11.0 Å². The molecule has 0 unspecified atom stereocenters. The smallest absolute Gasteiger partial charge is 0.128 e. The van der Waals surface area contributed by atoms with E-state index in [1.165, 1.54) is 6.21 Å². The highest BCUT2D eigenvalue weighted by atomic mass is 15.3. The van der Waals surface area contributed by atoms with Gasteiger partial charge in [-0.3, -0.25) is 0 Å². The lowest BCUT2D eigenvalue weighted by molar-refractivity contribution is 0.120. The standard InChI is InChI=1S/C22H22N8/c1-25-7-17(5-23)16-4-19(21-18(6-24)9-28-30(21)10-16)15-2-3-20(27-8-15)29-13-22(14-29)11-26-12-22/h2-5,7-10,23,25-26H,11-14H2,1H3/b17-7+,23-5?. The Hall–Kier alpha value is -3.70. The predicted octanol–water partition coefficient (Wildman–Crippen LogP) is 1.89. The summed E-state index contributed by atoms with van der Waals surface area (Å²) in [6.07, 6.45) is 8.33. The second kappa shape index (κ2) is 6.97. The van der Waals surface area contributed by atoms with Crippen molar-refractivity contribution >= 4 is 23.1 Å². The number of nitriles is 1. The first kappa shape index (κ1) is 18.3. The summed E-state index contributed by atoms with van der Waals surface area (Å²) in [4.78, 5) is 7.00. The van der Waals surface area contributed by atoms with Gasteiger partial charge in [0.2, 0.25) is 0 Å². The molecule has 5 rings (SSSR count). The summed E-state index contributed by atoms with van der Waals surface area (Å²) >= 11 is 0. The van der Waals surface area contributed by atoms with E-state index in [9.17, 15) is 5.26 Å². The van der Waals surface area contributed by atoms with Crippen LogP contribution in [0.15, 0.2) is 43.0 Å². The van der Waals surface area contributed by atoms with Crippen LogP contribution in [-0.4, -0.2) is 54.0 Å². The van der Waals surface area contributed by atoms with Crippen LogP contribution < -0.4 is 15.5 Å². The fraction of sp³-hybridized carbons (Fsp3) is 0.273. The summed E-state index contributed by atoms with van der Waals surface area (Å²) in [7, 11) is 1.80. The fourth-order valence-corrected chi connectivity index (χ4v) is 4.31. The molecule has 3 aromatic heterocycles. The molecule has 0 radical (unpaired) electrons. The van der Waals surface area contributed by atoms with Gasteiger partial charge in [-0.2, -0.15) is 10.4 Å². The van der Waals surface area contributed by atoms with Gasteiger partial charge >= 0.3 is 0 Å². The van der Waals surface area contributed by atoms with Crippen molar-refractivity contribution < 1.29 is 0 Å². The first-order chi connectivity index (χ1) is 14.7. The SMILES string of the molecule is CN/C=C(\C=N)c1cc(-c2ccc(N3CC4(CNC4)C3)nc2)c2c(C#N)cnn2c1. The van der Waals surface area contributed by atoms with Crippen LogP contribution in [0.5, 0.6) is 0 Å². The van der Waals surface area contributed by atoms with Gasteiger partial charge in [-0.05, 0) is 18.2 Å². The third-order valence-electron chi connectivity index (χ3n) is 5.96. The Morgan fingerprint density at radius 1 is 1.33 bits per heavy atom. The molecule has 3 aromatic rings. The molecule has 0 aromatic carbocycles. The molecule has 5 heterocycles. The monoisotopic (exact) mass is 398 g/mol. The third kappa shape index (κ3) is 2.83. The van der Waals surface area contributed by atoms with E-state index in [2.05, 4.69) is 26.7 Å². The lowest BCUT2D eigenvalue weighted by Gasteiger charge is -2.56. The number of fused-ring (bicyclic) bond motifs is 1. The van der Waals surface area contributed by atoms with Crippen LogP contribution in [0.3, 0.4) is 0 Å². The number of anilines is 1. The molecule has 150 valence electrons. The van der Waals surface area contributed by atoms with Crippen molar-refractivity contribution in [1.82, 2.24) is 25.2 Å². The number of nitrogens with zero attached hydrogens (tertiary/aromatic N) is 5.